The summed E-state index contributed by atoms with van der Waals surface area (Å²) in [4.78, 5) is 14.8. The maximum atomic E-state index is 11.0. The van der Waals surface area contributed by atoms with Crippen molar-refractivity contribution in [1.29, 1.82) is 0 Å². The molecule has 2 aromatic rings. The van der Waals surface area contributed by atoms with E-state index < -0.39 is 0 Å². The smallest absolute Gasteiger partial charge is 0.292 e. The van der Waals surface area contributed by atoms with E-state index >= 15 is 0 Å². The molecule has 7 heteroatoms. The number of nitrogens with zero attached hydrogens (tertiary/aromatic N) is 2. The van der Waals surface area contributed by atoms with Crippen molar-refractivity contribution in [2.75, 3.05) is 12.4 Å². The van der Waals surface area contributed by atoms with Crippen LogP contribution in [0.5, 0.6) is 0 Å². The first kappa shape index (κ1) is 14.6. The molecule has 2 rings (SSSR count). The fraction of sp³-hybridized carbons (Fsp3) is 0.154. The monoisotopic (exact) mass is 309 g/mol. The molecule has 0 bridgehead atoms. The second-order valence-electron chi connectivity index (χ2n) is 3.96. The van der Waals surface area contributed by atoms with Crippen LogP contribution in [0.3, 0.4) is 0 Å². The highest BCUT2D eigenvalue weighted by molar-refractivity contribution is 7.98. The highest BCUT2D eigenvalue weighted by atomic mass is 35.5. The van der Waals surface area contributed by atoms with Crippen LogP contribution < -0.4 is 5.32 Å². The number of nitro groups is 1. The standard InChI is InChI=1S/C13H12ClN3O2S/c1-15-11-4-2-9(6-12(11)17(18)19)8-20-13-5-3-10(14)7-16-13/h2-7,15H,8H2,1H3. The number of hydrogen-bond acceptors (Lipinski definition) is 5. The van der Waals surface area contributed by atoms with Gasteiger partial charge in [0.2, 0.25) is 0 Å². The van der Waals surface area contributed by atoms with Crippen molar-refractivity contribution in [2.24, 2.45) is 0 Å². The molecular formula is C13H12ClN3O2S. The molecule has 20 heavy (non-hydrogen) atoms. The third-order valence-corrected chi connectivity index (χ3v) is 3.85. The lowest BCUT2D eigenvalue weighted by Crippen LogP contribution is -1.97. The minimum absolute atomic E-state index is 0.0784. The molecule has 1 N–H and O–H groups in total. The lowest BCUT2D eigenvalue weighted by molar-refractivity contribution is -0.384. The van der Waals surface area contributed by atoms with Crippen molar-refractivity contribution < 1.29 is 4.92 Å². The van der Waals surface area contributed by atoms with E-state index in [2.05, 4.69) is 10.3 Å². The van der Waals surface area contributed by atoms with Gasteiger partial charge in [-0.1, -0.05) is 17.7 Å². The summed E-state index contributed by atoms with van der Waals surface area (Å²) in [5.41, 5.74) is 1.46. The van der Waals surface area contributed by atoms with Crippen LogP contribution in [0.15, 0.2) is 41.6 Å². The predicted octanol–water partition coefficient (Wildman–Crippen LogP) is 3.98. The molecule has 1 aromatic heterocycles. The summed E-state index contributed by atoms with van der Waals surface area (Å²) in [7, 11) is 1.66. The quantitative estimate of drug-likeness (QED) is 0.514. The summed E-state index contributed by atoms with van der Waals surface area (Å²) >= 11 is 7.27. The average Bonchev–Trinajstić information content (AvgIpc) is 2.46. The van der Waals surface area contributed by atoms with Crippen molar-refractivity contribution in [3.05, 3.63) is 57.2 Å². The molecule has 5 nitrogen and oxygen atoms in total. The van der Waals surface area contributed by atoms with Gasteiger partial charge in [0.25, 0.3) is 5.69 Å². The van der Waals surface area contributed by atoms with E-state index in [-0.39, 0.29) is 10.6 Å². The summed E-state index contributed by atoms with van der Waals surface area (Å²) in [5.74, 6) is 0.611. The van der Waals surface area contributed by atoms with E-state index in [1.807, 2.05) is 12.1 Å². The zero-order valence-electron chi connectivity index (χ0n) is 10.7. The number of thioether (sulfide) groups is 1. The maximum Gasteiger partial charge on any atom is 0.292 e. The van der Waals surface area contributed by atoms with Gasteiger partial charge in [-0.05, 0) is 23.8 Å². The molecular weight excluding hydrogens is 298 g/mol. The Bertz CT molecular complexity index is 620. The van der Waals surface area contributed by atoms with E-state index in [1.165, 1.54) is 11.8 Å². The number of rotatable bonds is 5. The van der Waals surface area contributed by atoms with Crippen molar-refractivity contribution in [1.82, 2.24) is 4.98 Å². The third kappa shape index (κ3) is 3.61. The molecule has 0 unspecified atom stereocenters. The summed E-state index contributed by atoms with van der Waals surface area (Å²) in [6.45, 7) is 0. The highest BCUT2D eigenvalue weighted by Crippen LogP contribution is 2.28. The molecule has 1 heterocycles. The van der Waals surface area contributed by atoms with Crippen LogP contribution in [0.2, 0.25) is 5.02 Å². The molecule has 0 radical (unpaired) electrons. The van der Waals surface area contributed by atoms with Crippen LogP contribution in [0.1, 0.15) is 5.56 Å². The van der Waals surface area contributed by atoms with Gasteiger partial charge in [0, 0.05) is 25.1 Å². The normalized spacial score (nSPS) is 10.3. The molecule has 0 saturated heterocycles. The van der Waals surface area contributed by atoms with Gasteiger partial charge in [0.1, 0.15) is 5.69 Å². The Labute approximate surface area is 125 Å². The Hall–Kier alpha value is -1.79. The van der Waals surface area contributed by atoms with Gasteiger partial charge >= 0.3 is 0 Å². The Morgan fingerprint density at radius 3 is 2.80 bits per heavy atom. The second kappa shape index (κ2) is 6.58. The van der Waals surface area contributed by atoms with Gasteiger partial charge in [-0.2, -0.15) is 0 Å². The van der Waals surface area contributed by atoms with E-state index in [4.69, 9.17) is 11.6 Å². The summed E-state index contributed by atoms with van der Waals surface area (Å²) in [6.07, 6.45) is 1.58. The first-order chi connectivity index (χ1) is 9.60. The maximum absolute atomic E-state index is 11.0. The minimum atomic E-state index is -0.388. The molecule has 0 amide bonds. The van der Waals surface area contributed by atoms with Crippen molar-refractivity contribution in [3.8, 4) is 0 Å². The number of hydrogen-bond donors (Lipinski definition) is 1. The van der Waals surface area contributed by atoms with Gasteiger partial charge in [-0.25, -0.2) is 4.98 Å². The largest absolute Gasteiger partial charge is 0.383 e. The lowest BCUT2D eigenvalue weighted by atomic mass is 10.2. The van der Waals surface area contributed by atoms with Crippen LogP contribution in [0.4, 0.5) is 11.4 Å². The summed E-state index contributed by atoms with van der Waals surface area (Å²) < 4.78 is 0. The van der Waals surface area contributed by atoms with Gasteiger partial charge in [-0.15, -0.1) is 11.8 Å². The van der Waals surface area contributed by atoms with Crippen molar-refractivity contribution in [3.63, 3.8) is 0 Å². The summed E-state index contributed by atoms with van der Waals surface area (Å²) in [5, 5.41) is 15.2. The number of halogens is 1. The second-order valence-corrected chi connectivity index (χ2v) is 5.39. The molecule has 0 saturated carbocycles. The van der Waals surface area contributed by atoms with E-state index in [1.54, 1.807) is 31.4 Å². The SMILES string of the molecule is CNc1ccc(CSc2ccc(Cl)cn2)cc1[N+](=O)[O-]. The molecule has 104 valence electrons. The molecule has 0 spiro atoms. The first-order valence-electron chi connectivity index (χ1n) is 5.79. The third-order valence-electron chi connectivity index (χ3n) is 2.62. The van der Waals surface area contributed by atoms with Gasteiger partial charge in [0.15, 0.2) is 0 Å². The van der Waals surface area contributed by atoms with Crippen LogP contribution in [-0.2, 0) is 5.75 Å². The number of nitro benzene ring substituents is 1. The average molecular weight is 310 g/mol. The zero-order chi connectivity index (χ0) is 14.5. The Kier molecular flexibility index (Phi) is 4.81. The molecule has 0 atom stereocenters. The lowest BCUT2D eigenvalue weighted by Gasteiger charge is -2.05. The first-order valence-corrected chi connectivity index (χ1v) is 7.16. The van der Waals surface area contributed by atoms with Gasteiger partial charge in [0.05, 0.1) is 15.0 Å². The number of pyridine rings is 1. The molecule has 0 aliphatic carbocycles. The molecule has 0 aliphatic heterocycles. The van der Waals surface area contributed by atoms with E-state index in [9.17, 15) is 10.1 Å². The van der Waals surface area contributed by atoms with E-state index in [0.29, 0.717) is 16.5 Å². The fourth-order valence-corrected chi connectivity index (χ4v) is 2.53. The molecule has 1 aromatic carbocycles. The fourth-order valence-electron chi connectivity index (χ4n) is 1.63. The molecule has 0 aliphatic rings. The number of nitrogens with one attached hydrogen (secondary N) is 1. The topological polar surface area (TPSA) is 68.1 Å². The summed E-state index contributed by atoms with van der Waals surface area (Å²) in [6, 6.07) is 8.74. The molecule has 0 fully saturated rings. The van der Waals surface area contributed by atoms with Crippen LogP contribution in [0, 0.1) is 10.1 Å². The van der Waals surface area contributed by atoms with Crippen molar-refractivity contribution >= 4 is 34.7 Å². The Morgan fingerprint density at radius 2 is 2.20 bits per heavy atom. The van der Waals surface area contributed by atoms with Crippen LogP contribution in [0.25, 0.3) is 0 Å². The number of benzene rings is 1. The van der Waals surface area contributed by atoms with Crippen LogP contribution >= 0.6 is 23.4 Å². The zero-order valence-corrected chi connectivity index (χ0v) is 12.2. The van der Waals surface area contributed by atoms with Crippen LogP contribution in [-0.4, -0.2) is 17.0 Å². The van der Waals surface area contributed by atoms with Gasteiger partial charge < -0.3 is 5.32 Å². The minimum Gasteiger partial charge on any atom is -0.383 e. The predicted molar refractivity (Wildman–Crippen MR) is 81.5 cm³/mol. The Balaban J connectivity index is 2.11. The van der Waals surface area contributed by atoms with Gasteiger partial charge in [-0.3, -0.25) is 10.1 Å². The van der Waals surface area contributed by atoms with E-state index in [0.717, 1.165) is 10.6 Å². The highest BCUT2D eigenvalue weighted by Gasteiger charge is 2.13. The number of aromatic nitrogens is 1. The van der Waals surface area contributed by atoms with Crippen molar-refractivity contribution in [2.45, 2.75) is 10.8 Å². The number of anilines is 1. The Morgan fingerprint density at radius 1 is 1.40 bits per heavy atom.